The molecule has 0 nitrogen and oxygen atoms in total. The van der Waals surface area contributed by atoms with Gasteiger partial charge in [0.15, 0.2) is 0 Å². The Balaban J connectivity index is 1.43. The molecule has 1 aromatic heterocycles. The van der Waals surface area contributed by atoms with E-state index in [0.29, 0.717) is 0 Å². The maximum atomic E-state index is 2.30. The van der Waals surface area contributed by atoms with E-state index in [1.807, 2.05) is 11.3 Å². The molecule has 0 N–H and O–H groups in total. The van der Waals surface area contributed by atoms with Gasteiger partial charge in [0.05, 0.1) is 0 Å². The molecule has 1 heterocycles. The van der Waals surface area contributed by atoms with Crippen LogP contribution < -0.4 is 0 Å². The minimum absolute atomic E-state index is 1.23. The molecule has 0 bridgehead atoms. The highest BCUT2D eigenvalue weighted by Crippen LogP contribution is 2.35. The Bertz CT molecular complexity index is 1300. The van der Waals surface area contributed by atoms with Gasteiger partial charge in [-0.2, -0.15) is 0 Å². The van der Waals surface area contributed by atoms with E-state index in [0.717, 1.165) is 0 Å². The van der Waals surface area contributed by atoms with Crippen LogP contribution in [-0.4, -0.2) is 0 Å². The molecule has 0 aliphatic carbocycles. The molecule has 0 amide bonds. The van der Waals surface area contributed by atoms with Crippen molar-refractivity contribution in [3.8, 4) is 0 Å². The van der Waals surface area contributed by atoms with Crippen LogP contribution in [0.1, 0.15) is 33.4 Å². The number of hydrogen-bond donors (Lipinski definition) is 0. The van der Waals surface area contributed by atoms with Gasteiger partial charge in [-0.15, -0.1) is 11.3 Å². The van der Waals surface area contributed by atoms with E-state index in [9.17, 15) is 0 Å². The van der Waals surface area contributed by atoms with Crippen LogP contribution in [0.2, 0.25) is 0 Å². The summed E-state index contributed by atoms with van der Waals surface area (Å²) in [5.74, 6) is 0. The Morgan fingerprint density at radius 3 is 1.23 bits per heavy atom. The second kappa shape index (κ2) is 8.37. The summed E-state index contributed by atoms with van der Waals surface area (Å²) in [4.78, 5) is 0. The molecule has 0 aliphatic heterocycles. The van der Waals surface area contributed by atoms with Crippen LogP contribution in [0.15, 0.2) is 84.9 Å². The second-order valence-corrected chi connectivity index (χ2v) is 9.19. The van der Waals surface area contributed by atoms with Crippen molar-refractivity contribution >= 4 is 55.8 Å². The SMILES string of the molecule is Cc1ccc(/C=C/c2ccc3c(c2)sc2cc(/C=C/c4ccc(C)cc4)ccc23)cc1. The maximum Gasteiger partial charge on any atom is 0.0361 e. The lowest BCUT2D eigenvalue weighted by molar-refractivity contribution is 1.46. The van der Waals surface area contributed by atoms with Gasteiger partial charge in [0.25, 0.3) is 0 Å². The van der Waals surface area contributed by atoms with E-state index in [4.69, 9.17) is 0 Å². The number of aryl methyl sites for hydroxylation is 2. The van der Waals surface area contributed by atoms with Gasteiger partial charge in [-0.25, -0.2) is 0 Å². The van der Waals surface area contributed by atoms with Gasteiger partial charge < -0.3 is 0 Å². The molecule has 0 aliphatic rings. The Hall–Kier alpha value is -3.42. The predicted molar refractivity (Wildman–Crippen MR) is 140 cm³/mol. The van der Waals surface area contributed by atoms with Gasteiger partial charge in [0.2, 0.25) is 0 Å². The second-order valence-electron chi connectivity index (χ2n) is 8.10. The van der Waals surface area contributed by atoms with E-state index in [2.05, 4.69) is 123 Å². The van der Waals surface area contributed by atoms with Crippen LogP contribution in [0, 0.1) is 13.8 Å². The highest BCUT2D eigenvalue weighted by molar-refractivity contribution is 7.25. The molecule has 0 saturated carbocycles. The van der Waals surface area contributed by atoms with E-state index in [1.165, 1.54) is 53.6 Å². The first-order valence-corrected chi connectivity index (χ1v) is 11.4. The highest BCUT2D eigenvalue weighted by atomic mass is 32.1. The van der Waals surface area contributed by atoms with Gasteiger partial charge in [-0.3, -0.25) is 0 Å². The molecular formula is C30H24S. The van der Waals surface area contributed by atoms with Crippen LogP contribution in [0.3, 0.4) is 0 Å². The Labute approximate surface area is 187 Å². The van der Waals surface area contributed by atoms with Crippen LogP contribution in [-0.2, 0) is 0 Å². The first kappa shape index (κ1) is 19.5. The normalized spacial score (nSPS) is 11.9. The number of fused-ring (bicyclic) bond motifs is 3. The summed E-state index contributed by atoms with van der Waals surface area (Å²) in [5.41, 5.74) is 7.51. The van der Waals surface area contributed by atoms with Gasteiger partial charge in [0, 0.05) is 20.2 Å². The largest absolute Gasteiger partial charge is 0.135 e. The zero-order valence-electron chi connectivity index (χ0n) is 17.8. The van der Waals surface area contributed by atoms with E-state index < -0.39 is 0 Å². The van der Waals surface area contributed by atoms with E-state index in [-0.39, 0.29) is 0 Å². The minimum Gasteiger partial charge on any atom is -0.135 e. The average molecular weight is 417 g/mol. The third kappa shape index (κ3) is 4.38. The number of benzene rings is 4. The monoisotopic (exact) mass is 416 g/mol. The molecule has 0 fully saturated rings. The van der Waals surface area contributed by atoms with Crippen molar-refractivity contribution in [3.63, 3.8) is 0 Å². The molecule has 0 spiro atoms. The molecular weight excluding hydrogens is 392 g/mol. The van der Waals surface area contributed by atoms with Crippen LogP contribution in [0.4, 0.5) is 0 Å². The van der Waals surface area contributed by atoms with Crippen molar-refractivity contribution in [2.45, 2.75) is 13.8 Å². The summed E-state index contributed by atoms with van der Waals surface area (Å²) >= 11 is 1.87. The molecule has 31 heavy (non-hydrogen) atoms. The number of hydrogen-bond acceptors (Lipinski definition) is 1. The summed E-state index contributed by atoms with van der Waals surface area (Å²) in [6, 6.07) is 30.8. The molecule has 0 atom stereocenters. The lowest BCUT2D eigenvalue weighted by Gasteiger charge is -1.98. The van der Waals surface area contributed by atoms with Crippen molar-refractivity contribution in [1.82, 2.24) is 0 Å². The van der Waals surface area contributed by atoms with Crippen molar-refractivity contribution < 1.29 is 0 Å². The lowest BCUT2D eigenvalue weighted by Crippen LogP contribution is -1.75. The predicted octanol–water partition coefficient (Wildman–Crippen LogP) is 9.01. The maximum absolute atomic E-state index is 2.30. The molecule has 0 saturated heterocycles. The van der Waals surface area contributed by atoms with Gasteiger partial charge in [-0.1, -0.05) is 108 Å². The van der Waals surface area contributed by atoms with Crippen LogP contribution in [0.25, 0.3) is 44.5 Å². The van der Waals surface area contributed by atoms with Crippen molar-refractivity contribution in [2.75, 3.05) is 0 Å². The summed E-state index contributed by atoms with van der Waals surface area (Å²) in [6.07, 6.45) is 8.76. The van der Waals surface area contributed by atoms with Crippen LogP contribution in [0.5, 0.6) is 0 Å². The van der Waals surface area contributed by atoms with Gasteiger partial charge in [-0.05, 0) is 48.2 Å². The van der Waals surface area contributed by atoms with E-state index >= 15 is 0 Å². The van der Waals surface area contributed by atoms with E-state index in [1.54, 1.807) is 0 Å². The Morgan fingerprint density at radius 1 is 0.452 bits per heavy atom. The molecule has 1 heteroatoms. The average Bonchev–Trinajstić information content (AvgIpc) is 3.15. The quantitative estimate of drug-likeness (QED) is 0.256. The first-order chi connectivity index (χ1) is 15.1. The van der Waals surface area contributed by atoms with Crippen LogP contribution >= 0.6 is 11.3 Å². The summed E-state index contributed by atoms with van der Waals surface area (Å²) in [6.45, 7) is 4.24. The number of rotatable bonds is 4. The zero-order chi connectivity index (χ0) is 21.2. The third-order valence-corrected chi connectivity index (χ3v) is 6.73. The summed E-state index contributed by atoms with van der Waals surface area (Å²) in [5, 5.41) is 2.67. The number of thiophene rings is 1. The van der Waals surface area contributed by atoms with Crippen molar-refractivity contribution in [2.24, 2.45) is 0 Å². The fourth-order valence-corrected chi connectivity index (χ4v) is 4.96. The van der Waals surface area contributed by atoms with Gasteiger partial charge in [0.1, 0.15) is 0 Å². The molecule has 0 radical (unpaired) electrons. The lowest BCUT2D eigenvalue weighted by atomic mass is 10.1. The Kier molecular flexibility index (Phi) is 5.28. The fourth-order valence-electron chi connectivity index (χ4n) is 3.76. The topological polar surface area (TPSA) is 0 Å². The minimum atomic E-state index is 1.23. The molecule has 4 aromatic carbocycles. The molecule has 150 valence electrons. The van der Waals surface area contributed by atoms with Gasteiger partial charge >= 0.3 is 0 Å². The zero-order valence-corrected chi connectivity index (χ0v) is 18.6. The molecule has 5 rings (SSSR count). The first-order valence-electron chi connectivity index (χ1n) is 10.6. The highest BCUT2D eigenvalue weighted by Gasteiger charge is 2.05. The molecule has 0 unspecified atom stereocenters. The van der Waals surface area contributed by atoms with Crippen molar-refractivity contribution in [3.05, 3.63) is 118 Å². The van der Waals surface area contributed by atoms with Crippen molar-refractivity contribution in [1.29, 1.82) is 0 Å². The summed E-state index contributed by atoms with van der Waals surface area (Å²) < 4.78 is 2.67. The summed E-state index contributed by atoms with van der Waals surface area (Å²) in [7, 11) is 0. The standard InChI is InChI=1S/C30H24S/c1-21-3-7-23(8-4-21)11-13-25-15-17-27-28-18-16-26(20-30(28)31-29(27)19-25)14-12-24-9-5-22(2)6-10-24/h3-20H,1-2H3/b13-11+,14-12+. The molecule has 5 aromatic rings. The third-order valence-electron chi connectivity index (χ3n) is 5.61. The smallest absolute Gasteiger partial charge is 0.0361 e. The fraction of sp³-hybridized carbons (Fsp3) is 0.0667. The Morgan fingerprint density at radius 2 is 0.806 bits per heavy atom.